The van der Waals surface area contributed by atoms with E-state index in [1.807, 2.05) is 0 Å². The molecule has 1 unspecified atom stereocenters. The van der Waals surface area contributed by atoms with Crippen LogP contribution in [0.4, 0.5) is 0 Å². The van der Waals surface area contributed by atoms with Gasteiger partial charge in [0, 0.05) is 19.3 Å². The van der Waals surface area contributed by atoms with Gasteiger partial charge in [0.05, 0.1) is 0 Å². The van der Waals surface area contributed by atoms with Gasteiger partial charge in [-0.3, -0.25) is 14.4 Å². The standard InChI is InChI=1S/C76H134O6/c1-4-7-10-13-16-19-21-23-25-27-29-31-32-33-34-35-36-37-38-39-40-41-42-43-44-46-47-49-51-53-55-57-60-63-66-69-75(78)81-72-73(71-80-74(77)68-65-62-59-18-15-12-9-6-3)82-76(79)70-67-64-61-58-56-54-52-50-48-45-30-28-26-24-22-20-17-14-11-8-5-2/h8,11,17,20-21,23-24,26-27,29-30,45,50,52,73H,4-7,9-10,12-16,18-19,22,25,28,31-44,46-49,51,53-72H2,1-3H3/b11-8-,20-17-,23-21-,26-24-,29-27-,45-30-,52-50-. The third-order valence-electron chi connectivity index (χ3n) is 15.6. The lowest BCUT2D eigenvalue weighted by molar-refractivity contribution is -0.167. The molecular formula is C76H134O6. The molecule has 0 bridgehead atoms. The van der Waals surface area contributed by atoms with Crippen LogP contribution in [0, 0.1) is 0 Å². The molecule has 0 aliphatic heterocycles. The summed E-state index contributed by atoms with van der Waals surface area (Å²) in [5.41, 5.74) is 0. The molecule has 0 aliphatic rings. The SMILES string of the molecule is CC/C=C\C/C=C\C/C=C\C/C=C\C/C=C\CCCCCCCC(=O)OC(COC(=O)CCCCCCCCCC)COC(=O)CCCCCCCCCCCCCCCCCCCCCCCCC/C=C\C/C=C\CCCCCCC. The smallest absolute Gasteiger partial charge is 0.306 e. The van der Waals surface area contributed by atoms with Gasteiger partial charge in [0.15, 0.2) is 6.10 Å². The van der Waals surface area contributed by atoms with Crippen LogP contribution in [0.15, 0.2) is 85.1 Å². The Labute approximate surface area is 509 Å². The molecule has 0 aliphatic carbocycles. The topological polar surface area (TPSA) is 78.9 Å². The van der Waals surface area contributed by atoms with E-state index in [4.69, 9.17) is 14.2 Å². The number of carbonyl (C=O) groups is 3. The second-order valence-corrected chi connectivity index (χ2v) is 23.8. The molecule has 0 saturated heterocycles. The molecular weight excluding hydrogens is 1010 g/mol. The van der Waals surface area contributed by atoms with Gasteiger partial charge in [0.2, 0.25) is 0 Å². The molecule has 0 fully saturated rings. The minimum absolute atomic E-state index is 0.0804. The number of esters is 3. The third-order valence-corrected chi connectivity index (χ3v) is 15.6. The van der Waals surface area contributed by atoms with E-state index in [-0.39, 0.29) is 31.1 Å². The highest BCUT2D eigenvalue weighted by molar-refractivity contribution is 5.71. The predicted octanol–water partition coefficient (Wildman–Crippen LogP) is 24.6. The molecule has 0 aromatic rings. The van der Waals surface area contributed by atoms with Crippen molar-refractivity contribution in [3.05, 3.63) is 85.1 Å². The van der Waals surface area contributed by atoms with Gasteiger partial charge in [0.25, 0.3) is 0 Å². The second-order valence-electron chi connectivity index (χ2n) is 23.8. The highest BCUT2D eigenvalue weighted by Gasteiger charge is 2.19. The Morgan fingerprint density at radius 3 is 0.744 bits per heavy atom. The van der Waals surface area contributed by atoms with Crippen LogP contribution in [0.3, 0.4) is 0 Å². The molecule has 0 aromatic heterocycles. The minimum Gasteiger partial charge on any atom is -0.462 e. The zero-order valence-electron chi connectivity index (χ0n) is 54.5. The van der Waals surface area contributed by atoms with E-state index in [1.165, 1.54) is 205 Å². The first kappa shape index (κ1) is 78.6. The van der Waals surface area contributed by atoms with E-state index in [0.717, 1.165) is 116 Å². The van der Waals surface area contributed by atoms with Crippen LogP contribution in [0.2, 0.25) is 0 Å². The van der Waals surface area contributed by atoms with Crippen molar-refractivity contribution < 1.29 is 28.6 Å². The predicted molar refractivity (Wildman–Crippen MR) is 358 cm³/mol. The van der Waals surface area contributed by atoms with Crippen molar-refractivity contribution in [2.75, 3.05) is 13.2 Å². The highest BCUT2D eigenvalue weighted by atomic mass is 16.6. The molecule has 0 amide bonds. The zero-order valence-corrected chi connectivity index (χ0v) is 54.5. The first-order chi connectivity index (χ1) is 40.5. The van der Waals surface area contributed by atoms with Crippen molar-refractivity contribution in [2.45, 2.75) is 367 Å². The number of unbranched alkanes of at least 4 members (excludes halogenated alkanes) is 40. The van der Waals surface area contributed by atoms with Crippen LogP contribution < -0.4 is 0 Å². The van der Waals surface area contributed by atoms with Gasteiger partial charge in [-0.25, -0.2) is 0 Å². The normalized spacial score (nSPS) is 12.6. The summed E-state index contributed by atoms with van der Waals surface area (Å²) < 4.78 is 16.9. The summed E-state index contributed by atoms with van der Waals surface area (Å²) in [5.74, 6) is -0.888. The molecule has 1 atom stereocenters. The van der Waals surface area contributed by atoms with Crippen LogP contribution in [-0.2, 0) is 28.6 Å². The van der Waals surface area contributed by atoms with Crippen molar-refractivity contribution >= 4 is 17.9 Å². The summed E-state index contributed by atoms with van der Waals surface area (Å²) in [7, 11) is 0. The molecule has 0 N–H and O–H groups in total. The van der Waals surface area contributed by atoms with Gasteiger partial charge < -0.3 is 14.2 Å². The summed E-state index contributed by atoms with van der Waals surface area (Å²) in [5, 5.41) is 0. The number of hydrogen-bond acceptors (Lipinski definition) is 6. The average Bonchev–Trinajstić information content (AvgIpc) is 3.48. The van der Waals surface area contributed by atoms with Crippen molar-refractivity contribution in [3.63, 3.8) is 0 Å². The second kappa shape index (κ2) is 70.1. The fourth-order valence-electron chi connectivity index (χ4n) is 10.3. The van der Waals surface area contributed by atoms with Crippen molar-refractivity contribution in [3.8, 4) is 0 Å². The molecule has 0 saturated carbocycles. The van der Waals surface area contributed by atoms with Crippen LogP contribution in [0.25, 0.3) is 0 Å². The summed E-state index contributed by atoms with van der Waals surface area (Å²) in [6.45, 7) is 6.51. The largest absolute Gasteiger partial charge is 0.462 e. The fraction of sp³-hybridized carbons (Fsp3) is 0.776. The van der Waals surface area contributed by atoms with E-state index in [0.29, 0.717) is 19.3 Å². The fourth-order valence-corrected chi connectivity index (χ4v) is 10.3. The Bertz CT molecular complexity index is 1550. The first-order valence-electron chi connectivity index (χ1n) is 35.6. The van der Waals surface area contributed by atoms with E-state index in [2.05, 4.69) is 106 Å². The van der Waals surface area contributed by atoms with Crippen molar-refractivity contribution in [2.24, 2.45) is 0 Å². The summed E-state index contributed by atoms with van der Waals surface area (Å²) in [6, 6.07) is 0. The molecule has 0 radical (unpaired) electrons. The first-order valence-corrected chi connectivity index (χ1v) is 35.6. The molecule has 0 heterocycles. The molecule has 0 aromatic carbocycles. The summed E-state index contributed by atoms with van der Waals surface area (Å²) >= 11 is 0. The van der Waals surface area contributed by atoms with Crippen LogP contribution in [0.1, 0.15) is 361 Å². The molecule has 82 heavy (non-hydrogen) atoms. The Hall–Kier alpha value is -3.41. The van der Waals surface area contributed by atoms with Gasteiger partial charge in [-0.1, -0.05) is 331 Å². The van der Waals surface area contributed by atoms with Gasteiger partial charge in [-0.2, -0.15) is 0 Å². The summed E-state index contributed by atoms with van der Waals surface area (Å²) in [6.07, 6.45) is 93.6. The van der Waals surface area contributed by atoms with Crippen molar-refractivity contribution in [1.29, 1.82) is 0 Å². The Morgan fingerprint density at radius 2 is 0.476 bits per heavy atom. The van der Waals surface area contributed by atoms with Gasteiger partial charge in [-0.15, -0.1) is 0 Å². The molecule has 0 rings (SSSR count). The molecule has 0 spiro atoms. The van der Waals surface area contributed by atoms with Crippen molar-refractivity contribution in [1.82, 2.24) is 0 Å². The third kappa shape index (κ3) is 67.4. The molecule has 474 valence electrons. The number of carbonyl (C=O) groups excluding carboxylic acids is 3. The maximum Gasteiger partial charge on any atom is 0.306 e. The quantitative estimate of drug-likeness (QED) is 0.0261. The average molecular weight is 1140 g/mol. The van der Waals surface area contributed by atoms with Gasteiger partial charge >= 0.3 is 17.9 Å². The van der Waals surface area contributed by atoms with Gasteiger partial charge in [0.1, 0.15) is 13.2 Å². The number of rotatable bonds is 65. The summed E-state index contributed by atoms with van der Waals surface area (Å²) in [4.78, 5) is 38.2. The number of allylic oxidation sites excluding steroid dienone is 14. The number of ether oxygens (including phenoxy) is 3. The highest BCUT2D eigenvalue weighted by Crippen LogP contribution is 2.18. The van der Waals surface area contributed by atoms with Crippen LogP contribution >= 0.6 is 0 Å². The van der Waals surface area contributed by atoms with Crippen LogP contribution in [0.5, 0.6) is 0 Å². The maximum absolute atomic E-state index is 12.9. The van der Waals surface area contributed by atoms with E-state index < -0.39 is 6.10 Å². The Balaban J connectivity index is 4.04. The molecule has 6 nitrogen and oxygen atoms in total. The van der Waals surface area contributed by atoms with E-state index in [9.17, 15) is 14.4 Å². The Kier molecular flexibility index (Phi) is 67.2. The Morgan fingerprint density at radius 1 is 0.256 bits per heavy atom. The lowest BCUT2D eigenvalue weighted by atomic mass is 10.0. The van der Waals surface area contributed by atoms with Crippen LogP contribution in [-0.4, -0.2) is 37.2 Å². The number of hydrogen-bond donors (Lipinski definition) is 0. The zero-order chi connectivity index (χ0) is 59.2. The van der Waals surface area contributed by atoms with Gasteiger partial charge in [-0.05, 0) is 96.3 Å². The monoisotopic (exact) mass is 1140 g/mol. The maximum atomic E-state index is 12.9. The molecule has 6 heteroatoms. The van der Waals surface area contributed by atoms with E-state index in [1.54, 1.807) is 0 Å². The lowest BCUT2D eigenvalue weighted by Crippen LogP contribution is -2.30. The van der Waals surface area contributed by atoms with E-state index >= 15 is 0 Å². The minimum atomic E-state index is -0.784. The lowest BCUT2D eigenvalue weighted by Gasteiger charge is -2.18.